The summed E-state index contributed by atoms with van der Waals surface area (Å²) in [5, 5.41) is 12.2. The second-order valence-electron chi connectivity index (χ2n) is 7.66. The van der Waals surface area contributed by atoms with E-state index in [9.17, 15) is 14.0 Å². The van der Waals surface area contributed by atoms with Gasteiger partial charge in [-0.05, 0) is 48.9 Å². The third-order valence-electron chi connectivity index (χ3n) is 5.36. The van der Waals surface area contributed by atoms with Crippen molar-refractivity contribution in [1.29, 1.82) is 0 Å². The van der Waals surface area contributed by atoms with E-state index in [1.807, 2.05) is 0 Å². The molecule has 1 unspecified atom stereocenters. The van der Waals surface area contributed by atoms with Crippen LogP contribution >= 0.6 is 23.2 Å². The Morgan fingerprint density at radius 3 is 2.60 bits per heavy atom. The van der Waals surface area contributed by atoms with Crippen molar-refractivity contribution in [3.8, 4) is 17.2 Å². The first kappa shape index (κ1) is 24.6. The first-order chi connectivity index (χ1) is 16.8. The van der Waals surface area contributed by atoms with Gasteiger partial charge < -0.3 is 24.6 Å². The van der Waals surface area contributed by atoms with Crippen LogP contribution in [0.5, 0.6) is 17.2 Å². The van der Waals surface area contributed by atoms with Gasteiger partial charge in [0.1, 0.15) is 29.2 Å². The highest BCUT2D eigenvalue weighted by Gasteiger charge is 2.27. The number of carboxylic acid groups (broad SMARTS) is 1. The number of fused-ring (bicyclic) bond motifs is 1. The molecule has 1 aliphatic rings. The Kier molecular flexibility index (Phi) is 7.63. The van der Waals surface area contributed by atoms with Crippen molar-refractivity contribution in [3.63, 3.8) is 0 Å². The highest BCUT2D eigenvalue weighted by atomic mass is 35.5. The Morgan fingerprint density at radius 2 is 1.89 bits per heavy atom. The van der Waals surface area contributed by atoms with E-state index in [1.165, 1.54) is 12.1 Å². The van der Waals surface area contributed by atoms with E-state index in [1.54, 1.807) is 42.5 Å². The van der Waals surface area contributed by atoms with Gasteiger partial charge in [0, 0.05) is 40.7 Å². The molecule has 1 atom stereocenters. The van der Waals surface area contributed by atoms with Crippen molar-refractivity contribution in [2.45, 2.75) is 18.9 Å². The van der Waals surface area contributed by atoms with Crippen molar-refractivity contribution in [1.82, 2.24) is 5.32 Å². The lowest BCUT2D eigenvalue weighted by Crippen LogP contribution is -2.25. The van der Waals surface area contributed by atoms with Crippen LogP contribution in [0.2, 0.25) is 10.0 Å². The number of hydrogen-bond acceptors (Lipinski definition) is 5. The zero-order chi connectivity index (χ0) is 24.9. The second kappa shape index (κ2) is 10.8. The van der Waals surface area contributed by atoms with Crippen molar-refractivity contribution in [2.75, 3.05) is 13.2 Å². The summed E-state index contributed by atoms with van der Waals surface area (Å²) in [6.45, 7) is 0.508. The number of rotatable bonds is 7. The lowest BCUT2D eigenvalue weighted by atomic mass is 10.0. The number of amides is 1. The van der Waals surface area contributed by atoms with Crippen LogP contribution in [0.3, 0.4) is 0 Å². The summed E-state index contributed by atoms with van der Waals surface area (Å²) in [5.74, 6) is 0.419. The molecule has 10 heteroatoms. The lowest BCUT2D eigenvalue weighted by molar-refractivity contribution is 0.0326. The van der Waals surface area contributed by atoms with Crippen molar-refractivity contribution < 1.29 is 33.3 Å². The molecule has 1 amide bonds. The predicted molar refractivity (Wildman–Crippen MR) is 127 cm³/mol. The molecule has 4 rings (SSSR count). The van der Waals surface area contributed by atoms with Gasteiger partial charge >= 0.3 is 6.16 Å². The van der Waals surface area contributed by atoms with Crippen molar-refractivity contribution in [2.24, 2.45) is 0 Å². The normalized spacial score (nSPS) is 14.4. The van der Waals surface area contributed by atoms with Crippen LogP contribution in [0.25, 0.3) is 0 Å². The van der Waals surface area contributed by atoms with E-state index < -0.39 is 18.1 Å². The molecule has 0 aromatic heterocycles. The molecule has 35 heavy (non-hydrogen) atoms. The number of hydrogen-bond donors (Lipinski definition) is 2. The van der Waals surface area contributed by atoms with Gasteiger partial charge in [-0.3, -0.25) is 4.79 Å². The van der Waals surface area contributed by atoms with Crippen LogP contribution < -0.4 is 14.8 Å². The zero-order valence-electron chi connectivity index (χ0n) is 18.2. The molecule has 0 saturated carbocycles. The quantitative estimate of drug-likeness (QED) is 0.350. The van der Waals surface area contributed by atoms with Gasteiger partial charge in [0.2, 0.25) is 0 Å². The maximum absolute atomic E-state index is 13.9. The molecule has 1 aliphatic heterocycles. The van der Waals surface area contributed by atoms with E-state index in [0.717, 1.165) is 0 Å². The van der Waals surface area contributed by atoms with Gasteiger partial charge in [0.05, 0.1) is 11.6 Å². The molecule has 182 valence electrons. The van der Waals surface area contributed by atoms with Crippen LogP contribution in [0.1, 0.15) is 34.0 Å². The van der Waals surface area contributed by atoms with Crippen LogP contribution in [0, 0.1) is 5.82 Å². The Balaban J connectivity index is 1.38. The molecule has 0 saturated heterocycles. The minimum Gasteiger partial charge on any atom is -0.493 e. The molecule has 2 N–H and O–H groups in total. The maximum atomic E-state index is 13.9. The predicted octanol–water partition coefficient (Wildman–Crippen LogP) is 6.42. The number of benzene rings is 3. The molecule has 0 fully saturated rings. The fourth-order valence-electron chi connectivity index (χ4n) is 3.66. The number of carbonyl (C=O) groups excluding carboxylic acids is 1. The third-order valence-corrected chi connectivity index (χ3v) is 6.01. The molecule has 3 aromatic rings. The summed E-state index contributed by atoms with van der Waals surface area (Å²) in [6, 6.07) is 14.0. The fraction of sp³-hybridized carbons (Fsp3) is 0.200. The van der Waals surface area contributed by atoms with Gasteiger partial charge in [0.25, 0.3) is 5.91 Å². The highest BCUT2D eigenvalue weighted by molar-refractivity contribution is 6.32. The lowest BCUT2D eigenvalue weighted by Gasteiger charge is -2.25. The second-order valence-corrected chi connectivity index (χ2v) is 8.48. The maximum Gasteiger partial charge on any atom is 0.506 e. The highest BCUT2D eigenvalue weighted by Crippen LogP contribution is 2.42. The smallest absolute Gasteiger partial charge is 0.493 e. The van der Waals surface area contributed by atoms with E-state index in [4.69, 9.17) is 42.5 Å². The molecule has 3 aromatic carbocycles. The minimum absolute atomic E-state index is 0.217. The van der Waals surface area contributed by atoms with Crippen LogP contribution in [-0.4, -0.2) is 30.3 Å². The molecule has 0 bridgehead atoms. The van der Waals surface area contributed by atoms with Gasteiger partial charge in [-0.15, -0.1) is 0 Å². The Hall–Kier alpha value is -3.49. The van der Waals surface area contributed by atoms with Gasteiger partial charge in [-0.2, -0.15) is 0 Å². The largest absolute Gasteiger partial charge is 0.506 e. The zero-order valence-corrected chi connectivity index (χ0v) is 19.7. The molecular weight excluding hydrogens is 500 g/mol. The molecule has 7 nitrogen and oxygen atoms in total. The van der Waals surface area contributed by atoms with Crippen LogP contribution in [0.4, 0.5) is 9.18 Å². The Labute approximate surface area is 210 Å². The standard InChI is InChI=1S/C25H20Cl2FNO6/c26-18-2-1-3-20(28)16(18)8-10-29-24(30)14-4-6-15(7-5-14)34-23-13-22-17(12-19(23)27)21(9-11-33-22)35-25(31)32/h1-7,12-13,21H,8-11H2,(H,29,30)(H,31,32). The van der Waals surface area contributed by atoms with E-state index in [0.29, 0.717) is 52.0 Å². The number of halogens is 3. The monoisotopic (exact) mass is 519 g/mol. The average Bonchev–Trinajstić information content (AvgIpc) is 2.82. The average molecular weight is 520 g/mol. The number of nitrogens with one attached hydrogen (secondary N) is 1. The Morgan fingerprint density at radius 1 is 1.11 bits per heavy atom. The minimum atomic E-state index is -1.38. The summed E-state index contributed by atoms with van der Waals surface area (Å²) >= 11 is 12.4. The molecule has 1 heterocycles. The summed E-state index contributed by atoms with van der Waals surface area (Å²) < 4.78 is 30.2. The summed E-state index contributed by atoms with van der Waals surface area (Å²) in [5.41, 5.74) is 1.27. The SMILES string of the molecule is O=C(O)OC1CCOc2cc(Oc3ccc(C(=O)NCCc4c(F)cccc4Cl)cc3)c(Cl)cc21. The van der Waals surface area contributed by atoms with Crippen LogP contribution in [0.15, 0.2) is 54.6 Å². The topological polar surface area (TPSA) is 94.1 Å². The van der Waals surface area contributed by atoms with E-state index >= 15 is 0 Å². The Bertz CT molecular complexity index is 1230. The van der Waals surface area contributed by atoms with Gasteiger partial charge in [-0.25, -0.2) is 9.18 Å². The van der Waals surface area contributed by atoms with Crippen molar-refractivity contribution >= 4 is 35.3 Å². The fourth-order valence-corrected chi connectivity index (χ4v) is 4.12. The first-order valence-corrected chi connectivity index (χ1v) is 11.4. The summed E-state index contributed by atoms with van der Waals surface area (Å²) in [6.07, 6.45) is -1.41. The molecular formula is C25H20Cl2FNO6. The summed E-state index contributed by atoms with van der Waals surface area (Å²) in [7, 11) is 0. The molecule has 0 radical (unpaired) electrons. The van der Waals surface area contributed by atoms with Crippen molar-refractivity contribution in [3.05, 3.63) is 87.2 Å². The first-order valence-electron chi connectivity index (χ1n) is 10.7. The third kappa shape index (κ3) is 5.96. The number of carbonyl (C=O) groups is 2. The van der Waals surface area contributed by atoms with Gasteiger partial charge in [-0.1, -0.05) is 29.3 Å². The molecule has 0 aliphatic carbocycles. The van der Waals surface area contributed by atoms with Gasteiger partial charge in [0.15, 0.2) is 0 Å². The van der Waals surface area contributed by atoms with E-state index in [2.05, 4.69) is 5.32 Å². The number of ether oxygens (including phenoxy) is 3. The van der Waals surface area contributed by atoms with Crippen LogP contribution in [-0.2, 0) is 11.2 Å². The summed E-state index contributed by atoms with van der Waals surface area (Å²) in [4.78, 5) is 23.4. The van der Waals surface area contributed by atoms with E-state index in [-0.39, 0.29) is 23.9 Å². The molecule has 0 spiro atoms.